The van der Waals surface area contributed by atoms with Crippen LogP contribution in [-0.4, -0.2) is 30.9 Å². The van der Waals surface area contributed by atoms with Crippen molar-refractivity contribution in [1.82, 2.24) is 10.6 Å². The number of rotatable bonds is 0. The fourth-order valence-electron chi connectivity index (χ4n) is 1.87. The average Bonchev–Trinajstić information content (AvgIpc) is 2.65. The largest absolute Gasteiger partial charge is 0.356 e. The molecule has 114 valence electrons. The Morgan fingerprint density at radius 1 is 0.947 bits per heavy atom. The van der Waals surface area contributed by atoms with Crippen molar-refractivity contribution in [2.45, 2.75) is 51.0 Å². The molecule has 4 N–H and O–H groups in total. The number of amides is 2. The zero-order valence-corrected chi connectivity index (χ0v) is 14.1. The third kappa shape index (κ3) is 10.5. The molecule has 5 nitrogen and oxygen atoms in total. The standard InChI is InChI=1S/C6H12N2O.C6H11NO.Mo.Ni/c7-5-3-1-2-4-8-6(5)9;8-6-4-2-1-3-5-7-6;;/h5H,1-4,7H2,(H,8,9);1-5H2,(H,7,8);;/t5-;;;/m0.../s1. The Balaban J connectivity index is 0. The predicted octanol–water partition coefficient (Wildman–Crippen LogP) is 0.285. The summed E-state index contributed by atoms with van der Waals surface area (Å²) in [5.74, 6) is 0.231. The van der Waals surface area contributed by atoms with Gasteiger partial charge >= 0.3 is 0 Å². The fraction of sp³-hybridized carbons (Fsp3) is 0.833. The van der Waals surface area contributed by atoms with E-state index in [1.165, 1.54) is 6.42 Å². The van der Waals surface area contributed by atoms with Crippen LogP contribution in [-0.2, 0) is 47.1 Å². The molecule has 2 saturated heterocycles. The molecule has 2 aliphatic heterocycles. The van der Waals surface area contributed by atoms with Crippen LogP contribution in [0.25, 0.3) is 0 Å². The predicted molar refractivity (Wildman–Crippen MR) is 66.3 cm³/mol. The van der Waals surface area contributed by atoms with Crippen LogP contribution in [0.4, 0.5) is 0 Å². The second kappa shape index (κ2) is 13.1. The number of hydrogen-bond acceptors (Lipinski definition) is 3. The molecule has 2 rings (SSSR count). The van der Waals surface area contributed by atoms with Gasteiger partial charge in [0.2, 0.25) is 11.8 Å². The van der Waals surface area contributed by atoms with Gasteiger partial charge in [0.1, 0.15) is 0 Å². The minimum atomic E-state index is -0.257. The molecule has 2 aliphatic rings. The number of hydrogen-bond donors (Lipinski definition) is 3. The number of nitrogens with two attached hydrogens (primary N) is 1. The Morgan fingerprint density at radius 3 is 2.32 bits per heavy atom. The smallest absolute Gasteiger partial charge is 0.236 e. The summed E-state index contributed by atoms with van der Waals surface area (Å²) in [6.07, 6.45) is 7.15. The monoisotopic (exact) mass is 397 g/mol. The summed E-state index contributed by atoms with van der Waals surface area (Å²) in [6, 6.07) is -0.257. The second-order valence-electron chi connectivity index (χ2n) is 4.55. The maximum absolute atomic E-state index is 10.8. The summed E-state index contributed by atoms with van der Waals surface area (Å²) in [5, 5.41) is 5.54. The fourth-order valence-corrected chi connectivity index (χ4v) is 1.87. The third-order valence-corrected chi connectivity index (χ3v) is 2.98. The van der Waals surface area contributed by atoms with Crippen LogP contribution in [0.1, 0.15) is 44.9 Å². The zero-order valence-electron chi connectivity index (χ0n) is 11.1. The minimum Gasteiger partial charge on any atom is -0.356 e. The van der Waals surface area contributed by atoms with Gasteiger partial charge < -0.3 is 16.4 Å². The van der Waals surface area contributed by atoms with Crippen LogP contribution < -0.4 is 16.4 Å². The van der Waals surface area contributed by atoms with Crippen molar-refractivity contribution in [2.24, 2.45) is 5.73 Å². The van der Waals surface area contributed by atoms with Crippen LogP contribution in [0.15, 0.2) is 0 Å². The van der Waals surface area contributed by atoms with Gasteiger partial charge in [-0.25, -0.2) is 0 Å². The van der Waals surface area contributed by atoms with E-state index in [0.717, 1.165) is 51.6 Å². The van der Waals surface area contributed by atoms with Crippen molar-refractivity contribution >= 4 is 11.8 Å². The SMILES string of the molecule is N[C@H]1CCCCNC1=O.O=C1CCCCCN1.[Mo].[Ni]. The van der Waals surface area contributed by atoms with Crippen molar-refractivity contribution in [3.05, 3.63) is 0 Å². The van der Waals surface area contributed by atoms with E-state index in [0.29, 0.717) is 0 Å². The first-order valence-corrected chi connectivity index (χ1v) is 6.50. The molecule has 0 aliphatic carbocycles. The van der Waals surface area contributed by atoms with E-state index in [2.05, 4.69) is 10.6 Å². The van der Waals surface area contributed by atoms with Crippen LogP contribution in [0.3, 0.4) is 0 Å². The van der Waals surface area contributed by atoms with E-state index >= 15 is 0 Å². The normalized spacial score (nSPS) is 22.9. The minimum absolute atomic E-state index is 0. The molecule has 0 saturated carbocycles. The topological polar surface area (TPSA) is 84.2 Å². The maximum Gasteiger partial charge on any atom is 0.236 e. The van der Waals surface area contributed by atoms with Crippen molar-refractivity contribution < 1.29 is 47.1 Å². The summed E-state index contributed by atoms with van der Waals surface area (Å²) in [7, 11) is 0. The summed E-state index contributed by atoms with van der Waals surface area (Å²) in [4.78, 5) is 21.3. The molecule has 1 atom stereocenters. The molecule has 2 heterocycles. The van der Waals surface area contributed by atoms with Gasteiger partial charge in [0.25, 0.3) is 0 Å². The molecule has 0 radical (unpaired) electrons. The third-order valence-electron chi connectivity index (χ3n) is 2.98. The molecule has 0 spiro atoms. The molecule has 0 bridgehead atoms. The summed E-state index contributed by atoms with van der Waals surface area (Å²) >= 11 is 0. The van der Waals surface area contributed by atoms with E-state index < -0.39 is 0 Å². The number of nitrogens with one attached hydrogen (secondary N) is 2. The first-order chi connectivity index (χ1) is 8.20. The van der Waals surface area contributed by atoms with Crippen molar-refractivity contribution in [2.75, 3.05) is 13.1 Å². The Kier molecular flexibility index (Phi) is 14.7. The molecule has 0 aromatic carbocycles. The van der Waals surface area contributed by atoms with Crippen molar-refractivity contribution in [1.29, 1.82) is 0 Å². The van der Waals surface area contributed by atoms with E-state index in [4.69, 9.17) is 5.73 Å². The zero-order chi connectivity index (χ0) is 12.5. The van der Waals surface area contributed by atoms with Gasteiger partial charge in [-0.2, -0.15) is 0 Å². The number of carbonyl (C=O) groups is 2. The van der Waals surface area contributed by atoms with Gasteiger partial charge in [0.05, 0.1) is 6.04 Å². The average molecular weight is 396 g/mol. The number of carbonyl (C=O) groups excluding carboxylic acids is 2. The van der Waals surface area contributed by atoms with Gasteiger partial charge in [-0.1, -0.05) is 6.42 Å². The second-order valence-corrected chi connectivity index (χ2v) is 4.55. The Hall–Kier alpha value is 0.0818. The van der Waals surface area contributed by atoms with Gasteiger partial charge in [-0.05, 0) is 32.1 Å². The first-order valence-electron chi connectivity index (χ1n) is 6.50. The van der Waals surface area contributed by atoms with Gasteiger partial charge in [0, 0.05) is 57.1 Å². The van der Waals surface area contributed by atoms with Crippen molar-refractivity contribution in [3.63, 3.8) is 0 Å². The molecule has 7 heteroatoms. The van der Waals surface area contributed by atoms with Crippen LogP contribution in [0, 0.1) is 0 Å². The van der Waals surface area contributed by atoms with Gasteiger partial charge in [-0.3, -0.25) is 9.59 Å². The first kappa shape index (κ1) is 21.4. The Morgan fingerprint density at radius 2 is 1.58 bits per heavy atom. The summed E-state index contributed by atoms with van der Waals surface area (Å²) in [6.45, 7) is 1.69. The van der Waals surface area contributed by atoms with Gasteiger partial charge in [0.15, 0.2) is 0 Å². The quantitative estimate of drug-likeness (QED) is 0.515. The maximum atomic E-state index is 10.8. The summed E-state index contributed by atoms with van der Waals surface area (Å²) in [5.41, 5.74) is 5.47. The molecular weight excluding hydrogens is 373 g/mol. The molecule has 0 aromatic heterocycles. The van der Waals surface area contributed by atoms with Gasteiger partial charge in [-0.15, -0.1) is 0 Å². The van der Waals surface area contributed by atoms with E-state index in [-0.39, 0.29) is 55.4 Å². The van der Waals surface area contributed by atoms with Crippen LogP contribution >= 0.6 is 0 Å². The van der Waals surface area contributed by atoms with E-state index in [9.17, 15) is 9.59 Å². The van der Waals surface area contributed by atoms with Crippen LogP contribution in [0.2, 0.25) is 0 Å². The molecule has 2 fully saturated rings. The van der Waals surface area contributed by atoms with Crippen molar-refractivity contribution in [3.8, 4) is 0 Å². The van der Waals surface area contributed by atoms with E-state index in [1.807, 2.05) is 0 Å². The molecule has 0 unspecified atom stereocenters. The molecule has 0 aromatic rings. The Labute approximate surface area is 139 Å². The van der Waals surface area contributed by atoms with E-state index in [1.54, 1.807) is 0 Å². The molecular formula is C12H23MoN3NiO2. The Bertz CT molecular complexity index is 257. The molecule has 19 heavy (non-hydrogen) atoms. The molecule has 2 amide bonds. The summed E-state index contributed by atoms with van der Waals surface area (Å²) < 4.78 is 0. The van der Waals surface area contributed by atoms with Crippen LogP contribution in [0.5, 0.6) is 0 Å².